The zero-order valence-electron chi connectivity index (χ0n) is 17.4. The number of nitrogens with zero attached hydrogens (tertiary/aromatic N) is 2. The van der Waals surface area contributed by atoms with E-state index in [1.165, 1.54) is 11.8 Å². The lowest BCUT2D eigenvalue weighted by atomic mass is 10.1. The van der Waals surface area contributed by atoms with Crippen LogP contribution in [0.2, 0.25) is 0 Å². The van der Waals surface area contributed by atoms with Crippen LogP contribution < -0.4 is 5.32 Å². The maximum Gasteiger partial charge on any atom is 0.271 e. The number of carbonyl (C=O) groups excluding carboxylic acids is 2. The molecule has 1 fully saturated rings. The van der Waals surface area contributed by atoms with Crippen LogP contribution >= 0.6 is 11.8 Å². The zero-order chi connectivity index (χ0) is 22.2. The molecule has 4 rings (SSSR count). The van der Waals surface area contributed by atoms with E-state index in [-0.39, 0.29) is 17.5 Å². The predicted molar refractivity (Wildman–Crippen MR) is 125 cm³/mol. The number of thioether (sulfide) groups is 1. The van der Waals surface area contributed by atoms with Gasteiger partial charge in [-0.3, -0.25) is 9.59 Å². The van der Waals surface area contributed by atoms with Crippen molar-refractivity contribution in [1.29, 1.82) is 0 Å². The lowest BCUT2D eigenvalue weighted by Crippen LogP contribution is -2.44. The highest BCUT2D eigenvalue weighted by molar-refractivity contribution is 8.08. The zero-order valence-corrected chi connectivity index (χ0v) is 18.3. The smallest absolute Gasteiger partial charge is 0.271 e. The predicted octanol–water partition coefficient (Wildman–Crippen LogP) is 3.83. The quantitative estimate of drug-likeness (QED) is 0.461. The molecular weight excluding hydrogens is 422 g/mol. The number of aromatic nitrogens is 1. The second kappa shape index (κ2) is 10.7. The lowest BCUT2D eigenvalue weighted by molar-refractivity contribution is -0.131. The fourth-order valence-corrected chi connectivity index (χ4v) is 4.23. The standard InChI is InChI=1S/C25H23N3O3S/c29-24(20-11-5-2-6-12-20)27-22(25(30)28-15-17-31-18-16-28)23(19-9-3-1-4-10-19)32-21-13-7-8-14-26-21/h1-14H,15-18H2,(H,27,29)/b23-22+. The van der Waals surface area contributed by atoms with Gasteiger partial charge in [-0.15, -0.1) is 0 Å². The molecule has 0 bridgehead atoms. The summed E-state index contributed by atoms with van der Waals surface area (Å²) in [5.74, 6) is -0.572. The van der Waals surface area contributed by atoms with Crippen LogP contribution in [-0.2, 0) is 9.53 Å². The van der Waals surface area contributed by atoms with E-state index in [0.29, 0.717) is 36.8 Å². The van der Waals surface area contributed by atoms with Gasteiger partial charge in [0.25, 0.3) is 11.8 Å². The Balaban J connectivity index is 1.79. The van der Waals surface area contributed by atoms with Crippen LogP contribution in [0.4, 0.5) is 0 Å². The molecule has 0 spiro atoms. The van der Waals surface area contributed by atoms with E-state index in [4.69, 9.17) is 4.74 Å². The molecule has 2 aromatic carbocycles. The molecule has 0 atom stereocenters. The number of ether oxygens (including phenoxy) is 1. The number of hydrogen-bond acceptors (Lipinski definition) is 5. The lowest BCUT2D eigenvalue weighted by Gasteiger charge is -2.29. The van der Waals surface area contributed by atoms with E-state index in [1.807, 2.05) is 54.6 Å². The van der Waals surface area contributed by atoms with Gasteiger partial charge in [-0.25, -0.2) is 4.98 Å². The van der Waals surface area contributed by atoms with Crippen LogP contribution in [0.3, 0.4) is 0 Å². The first-order chi connectivity index (χ1) is 15.7. The van der Waals surface area contributed by atoms with E-state index in [9.17, 15) is 9.59 Å². The summed E-state index contributed by atoms with van der Waals surface area (Å²) in [5.41, 5.74) is 1.55. The summed E-state index contributed by atoms with van der Waals surface area (Å²) in [6.45, 7) is 1.89. The fraction of sp³-hybridized carbons (Fsp3) is 0.160. The van der Waals surface area contributed by atoms with Gasteiger partial charge in [-0.2, -0.15) is 0 Å². The topological polar surface area (TPSA) is 71.5 Å². The van der Waals surface area contributed by atoms with Crippen LogP contribution in [-0.4, -0.2) is 48.0 Å². The molecule has 1 aliphatic heterocycles. The third kappa shape index (κ3) is 5.43. The number of carbonyl (C=O) groups is 2. The molecule has 0 unspecified atom stereocenters. The molecule has 1 saturated heterocycles. The Bertz CT molecular complexity index is 1080. The first-order valence-electron chi connectivity index (χ1n) is 10.3. The second-order valence-corrected chi connectivity index (χ2v) is 8.10. The first kappa shape index (κ1) is 21.8. The maximum absolute atomic E-state index is 13.6. The van der Waals surface area contributed by atoms with E-state index in [1.54, 1.807) is 35.4 Å². The van der Waals surface area contributed by atoms with Crippen molar-refractivity contribution in [2.24, 2.45) is 0 Å². The van der Waals surface area contributed by atoms with Gasteiger partial charge in [0.2, 0.25) is 0 Å². The molecule has 32 heavy (non-hydrogen) atoms. The third-order valence-corrected chi connectivity index (χ3v) is 5.99. The van der Waals surface area contributed by atoms with Crippen LogP contribution in [0.25, 0.3) is 4.91 Å². The molecular formula is C25H23N3O3S. The molecule has 0 aliphatic carbocycles. The molecule has 7 heteroatoms. The number of hydrogen-bond donors (Lipinski definition) is 1. The fourth-order valence-electron chi connectivity index (χ4n) is 3.26. The Morgan fingerprint density at radius 1 is 0.844 bits per heavy atom. The van der Waals surface area contributed by atoms with Gasteiger partial charge in [-0.1, -0.05) is 66.4 Å². The first-order valence-corrected chi connectivity index (χ1v) is 11.2. The van der Waals surface area contributed by atoms with Gasteiger partial charge in [0.05, 0.1) is 18.1 Å². The van der Waals surface area contributed by atoms with Gasteiger partial charge >= 0.3 is 0 Å². The van der Waals surface area contributed by atoms with Crippen molar-refractivity contribution in [3.05, 3.63) is 102 Å². The number of morpholine rings is 1. The monoisotopic (exact) mass is 445 g/mol. The van der Waals surface area contributed by atoms with Gasteiger partial charge in [0.15, 0.2) is 0 Å². The summed E-state index contributed by atoms with van der Waals surface area (Å²) in [6, 6.07) is 24.1. The van der Waals surface area contributed by atoms with Crippen molar-refractivity contribution in [3.63, 3.8) is 0 Å². The summed E-state index contributed by atoms with van der Waals surface area (Å²) in [4.78, 5) is 33.5. The van der Waals surface area contributed by atoms with Crippen molar-refractivity contribution >= 4 is 28.5 Å². The molecule has 6 nitrogen and oxygen atoms in total. The SMILES string of the molecule is O=C(N/C(C(=O)N1CCOCC1)=C(/Sc1ccccn1)c1ccccc1)c1ccccc1. The highest BCUT2D eigenvalue weighted by Gasteiger charge is 2.27. The number of benzene rings is 2. The van der Waals surface area contributed by atoms with E-state index < -0.39 is 0 Å². The normalized spacial score (nSPS) is 14.4. The Labute approximate surface area is 191 Å². The van der Waals surface area contributed by atoms with Crippen LogP contribution in [0.15, 0.2) is 95.8 Å². The van der Waals surface area contributed by atoms with Crippen LogP contribution in [0, 0.1) is 0 Å². The molecule has 1 aromatic heterocycles. The highest BCUT2D eigenvalue weighted by Crippen LogP contribution is 2.35. The number of nitrogens with one attached hydrogen (secondary N) is 1. The molecule has 0 saturated carbocycles. The molecule has 3 aromatic rings. The van der Waals surface area contributed by atoms with Crippen molar-refractivity contribution in [1.82, 2.24) is 15.2 Å². The Hall–Kier alpha value is -3.42. The van der Waals surface area contributed by atoms with Crippen molar-refractivity contribution in [3.8, 4) is 0 Å². The Kier molecular flexibility index (Phi) is 7.32. The van der Waals surface area contributed by atoms with Crippen molar-refractivity contribution in [2.45, 2.75) is 5.03 Å². The van der Waals surface area contributed by atoms with E-state index >= 15 is 0 Å². The number of amides is 2. The largest absolute Gasteiger partial charge is 0.378 e. The van der Waals surface area contributed by atoms with Gasteiger partial charge in [0, 0.05) is 24.8 Å². The third-order valence-electron chi connectivity index (χ3n) is 4.89. The van der Waals surface area contributed by atoms with Gasteiger partial charge in [0.1, 0.15) is 10.7 Å². The summed E-state index contributed by atoms with van der Waals surface area (Å²) < 4.78 is 5.41. The number of rotatable bonds is 6. The molecule has 2 amide bonds. The summed E-state index contributed by atoms with van der Waals surface area (Å²) >= 11 is 1.35. The molecule has 1 aliphatic rings. The second-order valence-electron chi connectivity index (χ2n) is 7.06. The van der Waals surface area contributed by atoms with Crippen LogP contribution in [0.5, 0.6) is 0 Å². The van der Waals surface area contributed by atoms with E-state index in [2.05, 4.69) is 10.3 Å². The van der Waals surface area contributed by atoms with Crippen LogP contribution in [0.1, 0.15) is 15.9 Å². The highest BCUT2D eigenvalue weighted by atomic mass is 32.2. The van der Waals surface area contributed by atoms with Crippen molar-refractivity contribution < 1.29 is 14.3 Å². The average molecular weight is 446 g/mol. The Morgan fingerprint density at radius 2 is 1.47 bits per heavy atom. The van der Waals surface area contributed by atoms with Crippen molar-refractivity contribution in [2.75, 3.05) is 26.3 Å². The minimum Gasteiger partial charge on any atom is -0.378 e. The molecule has 1 N–H and O–H groups in total. The number of pyridine rings is 1. The average Bonchev–Trinajstić information content (AvgIpc) is 2.88. The minimum atomic E-state index is -0.336. The molecule has 0 radical (unpaired) electrons. The summed E-state index contributed by atoms with van der Waals surface area (Å²) in [6.07, 6.45) is 1.71. The summed E-state index contributed by atoms with van der Waals surface area (Å²) in [5, 5.41) is 3.64. The minimum absolute atomic E-state index is 0.236. The summed E-state index contributed by atoms with van der Waals surface area (Å²) in [7, 11) is 0. The molecule has 162 valence electrons. The Morgan fingerprint density at radius 3 is 2.09 bits per heavy atom. The van der Waals surface area contributed by atoms with E-state index in [0.717, 1.165) is 10.6 Å². The van der Waals surface area contributed by atoms with Gasteiger partial charge in [-0.05, 0) is 29.8 Å². The molecule has 2 heterocycles. The van der Waals surface area contributed by atoms with Gasteiger partial charge < -0.3 is 15.0 Å². The maximum atomic E-state index is 13.6.